The molecule has 0 saturated carbocycles. The number of nitrogens with two attached hydrogens (primary N) is 1. The van der Waals surface area contributed by atoms with E-state index in [2.05, 4.69) is 4.90 Å². The number of nitrogens with zero attached hydrogens (tertiary/aromatic N) is 1. The van der Waals surface area contributed by atoms with Crippen molar-refractivity contribution >= 4 is 17.5 Å². The van der Waals surface area contributed by atoms with E-state index in [1.54, 1.807) is 24.3 Å². The Morgan fingerprint density at radius 1 is 1.18 bits per heavy atom. The smallest absolute Gasteiger partial charge is 0.252 e. The van der Waals surface area contributed by atoms with Crippen molar-refractivity contribution in [2.24, 2.45) is 5.73 Å². The minimum atomic E-state index is -0.658. The minimum absolute atomic E-state index is 0.103. The quantitative estimate of drug-likeness (QED) is 0.706. The number of likely N-dealkylation sites (tertiary alicyclic amines) is 1. The third kappa shape index (κ3) is 5.86. The molecule has 0 radical (unpaired) electrons. The first-order chi connectivity index (χ1) is 13.5. The minimum Gasteiger partial charge on any atom is -0.490 e. The second-order valence-electron chi connectivity index (χ2n) is 6.90. The third-order valence-electron chi connectivity index (χ3n) is 4.70. The van der Waals surface area contributed by atoms with Gasteiger partial charge in [-0.15, -0.1) is 0 Å². The molecule has 150 valence electrons. The summed E-state index contributed by atoms with van der Waals surface area (Å²) in [4.78, 5) is 13.6. The van der Waals surface area contributed by atoms with Crippen LogP contribution < -0.4 is 15.2 Å². The Morgan fingerprint density at radius 2 is 1.86 bits per heavy atom. The second-order valence-corrected chi connectivity index (χ2v) is 7.33. The van der Waals surface area contributed by atoms with Crippen LogP contribution in [0.1, 0.15) is 23.2 Å². The topological polar surface area (TPSA) is 85.0 Å². The second kappa shape index (κ2) is 9.78. The number of carbonyl (C=O) groups excluding carboxylic acids is 1. The average Bonchev–Trinajstić information content (AvgIpc) is 2.70. The fourth-order valence-electron chi connectivity index (χ4n) is 3.25. The van der Waals surface area contributed by atoms with Crippen molar-refractivity contribution < 1.29 is 19.4 Å². The van der Waals surface area contributed by atoms with Crippen LogP contribution in [-0.4, -0.2) is 54.4 Å². The van der Waals surface area contributed by atoms with Crippen LogP contribution >= 0.6 is 11.6 Å². The molecule has 0 bridgehead atoms. The number of β-amino-alcohol motifs (C(OH)–C–C–N with tert-alkyl or cyclic N) is 1. The van der Waals surface area contributed by atoms with E-state index in [1.807, 2.05) is 24.3 Å². The molecule has 2 aromatic rings. The fourth-order valence-corrected chi connectivity index (χ4v) is 3.37. The van der Waals surface area contributed by atoms with Gasteiger partial charge in [0.2, 0.25) is 0 Å². The highest BCUT2D eigenvalue weighted by atomic mass is 35.5. The number of aliphatic hydroxyl groups excluding tert-OH is 1. The van der Waals surface area contributed by atoms with Crippen molar-refractivity contribution in [3.8, 4) is 11.5 Å². The van der Waals surface area contributed by atoms with Gasteiger partial charge in [-0.1, -0.05) is 23.7 Å². The van der Waals surface area contributed by atoms with Crippen LogP contribution in [0.25, 0.3) is 0 Å². The first kappa shape index (κ1) is 20.5. The zero-order chi connectivity index (χ0) is 19.9. The van der Waals surface area contributed by atoms with Crippen LogP contribution in [0, 0.1) is 0 Å². The van der Waals surface area contributed by atoms with Gasteiger partial charge in [0.25, 0.3) is 5.91 Å². The first-order valence-corrected chi connectivity index (χ1v) is 9.73. The monoisotopic (exact) mass is 404 g/mol. The molecule has 2 aromatic carbocycles. The maximum atomic E-state index is 11.4. The Bertz CT molecular complexity index is 776. The lowest BCUT2D eigenvalue weighted by atomic mass is 10.1. The van der Waals surface area contributed by atoms with E-state index in [9.17, 15) is 9.90 Å². The van der Waals surface area contributed by atoms with Crippen LogP contribution in [-0.2, 0) is 0 Å². The molecule has 3 N–H and O–H groups in total. The van der Waals surface area contributed by atoms with E-state index >= 15 is 0 Å². The normalized spacial score (nSPS) is 16.5. The van der Waals surface area contributed by atoms with Crippen molar-refractivity contribution in [1.29, 1.82) is 0 Å². The molecule has 1 fully saturated rings. The van der Waals surface area contributed by atoms with Crippen LogP contribution in [0.3, 0.4) is 0 Å². The highest BCUT2D eigenvalue weighted by Crippen LogP contribution is 2.21. The Hall–Kier alpha value is -2.28. The molecule has 1 amide bonds. The maximum Gasteiger partial charge on any atom is 0.252 e. The summed E-state index contributed by atoms with van der Waals surface area (Å²) in [5.74, 6) is 0.668. The number of benzene rings is 2. The number of piperidine rings is 1. The van der Waals surface area contributed by atoms with Gasteiger partial charge in [0.15, 0.2) is 0 Å². The zero-order valence-electron chi connectivity index (χ0n) is 15.6. The lowest BCUT2D eigenvalue weighted by molar-refractivity contribution is 0.0399. The van der Waals surface area contributed by atoms with E-state index in [-0.39, 0.29) is 12.7 Å². The zero-order valence-corrected chi connectivity index (χ0v) is 16.3. The molecule has 1 atom stereocenters. The Balaban J connectivity index is 1.41. The summed E-state index contributed by atoms with van der Waals surface area (Å²) < 4.78 is 11.6. The maximum absolute atomic E-state index is 11.4. The molecular weight excluding hydrogens is 380 g/mol. The predicted octanol–water partition coefficient (Wildman–Crippen LogP) is 2.72. The Kier molecular flexibility index (Phi) is 7.14. The van der Waals surface area contributed by atoms with Crippen molar-refractivity contribution in [3.63, 3.8) is 0 Å². The number of aliphatic hydroxyl groups is 1. The summed E-state index contributed by atoms with van der Waals surface area (Å²) in [5.41, 5.74) is 5.65. The molecule has 1 aliphatic rings. The fraction of sp³-hybridized carbons (Fsp3) is 0.381. The molecule has 6 nitrogen and oxygen atoms in total. The number of hydrogen-bond donors (Lipinski definition) is 2. The summed E-state index contributed by atoms with van der Waals surface area (Å²) in [6.07, 6.45) is 1.28. The third-order valence-corrected chi connectivity index (χ3v) is 4.96. The van der Waals surface area contributed by atoms with Gasteiger partial charge in [0.05, 0.1) is 5.56 Å². The van der Waals surface area contributed by atoms with Crippen molar-refractivity contribution in [2.45, 2.75) is 25.0 Å². The standard InChI is InChI=1S/C21H25ClN2O4/c22-15-5-7-17(8-6-15)28-18-9-11-24(12-10-18)13-16(25)14-27-20-4-2-1-3-19(20)21(23)26/h1-8,16,18,25H,9-14H2,(H2,23,26). The van der Waals surface area contributed by atoms with Crippen LogP contribution in [0.2, 0.25) is 5.02 Å². The predicted molar refractivity (Wildman–Crippen MR) is 108 cm³/mol. The van der Waals surface area contributed by atoms with Gasteiger partial charge in [0.1, 0.15) is 30.3 Å². The van der Waals surface area contributed by atoms with E-state index in [0.29, 0.717) is 22.9 Å². The highest BCUT2D eigenvalue weighted by Gasteiger charge is 2.22. The van der Waals surface area contributed by atoms with Crippen molar-refractivity contribution in [1.82, 2.24) is 4.90 Å². The van der Waals surface area contributed by atoms with Crippen molar-refractivity contribution in [3.05, 3.63) is 59.1 Å². The average molecular weight is 405 g/mol. The summed E-state index contributed by atoms with van der Waals surface area (Å²) in [6, 6.07) is 14.2. The van der Waals surface area contributed by atoms with E-state index in [1.165, 1.54) is 0 Å². The lowest BCUT2D eigenvalue weighted by Crippen LogP contribution is -2.43. The Morgan fingerprint density at radius 3 is 2.54 bits per heavy atom. The first-order valence-electron chi connectivity index (χ1n) is 9.35. The molecule has 1 heterocycles. The largest absolute Gasteiger partial charge is 0.490 e. The molecule has 0 aromatic heterocycles. The van der Waals surface area contributed by atoms with Gasteiger partial charge in [-0.05, 0) is 49.2 Å². The molecule has 28 heavy (non-hydrogen) atoms. The number of halogens is 1. The molecule has 3 rings (SSSR count). The number of para-hydroxylation sites is 1. The molecule has 0 aliphatic carbocycles. The van der Waals surface area contributed by atoms with Crippen LogP contribution in [0.5, 0.6) is 11.5 Å². The summed E-state index contributed by atoms with van der Waals surface area (Å²) in [5, 5.41) is 11.0. The SMILES string of the molecule is NC(=O)c1ccccc1OCC(O)CN1CCC(Oc2ccc(Cl)cc2)CC1. The summed E-state index contributed by atoms with van der Waals surface area (Å²) in [6.45, 7) is 2.29. The van der Waals surface area contributed by atoms with Gasteiger partial charge in [-0.25, -0.2) is 0 Å². The molecular formula is C21H25ClN2O4. The van der Waals surface area contributed by atoms with E-state index in [4.69, 9.17) is 26.8 Å². The number of ether oxygens (including phenoxy) is 2. The highest BCUT2D eigenvalue weighted by molar-refractivity contribution is 6.30. The van der Waals surface area contributed by atoms with E-state index < -0.39 is 12.0 Å². The molecule has 0 spiro atoms. The number of primary amides is 1. The van der Waals surface area contributed by atoms with Gasteiger partial charge < -0.3 is 25.2 Å². The van der Waals surface area contributed by atoms with Crippen LogP contribution in [0.4, 0.5) is 0 Å². The summed E-state index contributed by atoms with van der Waals surface area (Å²) >= 11 is 5.89. The van der Waals surface area contributed by atoms with Gasteiger partial charge in [0, 0.05) is 24.7 Å². The lowest BCUT2D eigenvalue weighted by Gasteiger charge is -2.33. The summed E-state index contributed by atoms with van der Waals surface area (Å²) in [7, 11) is 0. The number of carbonyl (C=O) groups is 1. The van der Waals surface area contributed by atoms with Gasteiger partial charge in [-0.2, -0.15) is 0 Å². The van der Waals surface area contributed by atoms with E-state index in [0.717, 1.165) is 31.7 Å². The van der Waals surface area contributed by atoms with Crippen LogP contribution in [0.15, 0.2) is 48.5 Å². The Labute approximate surface area is 169 Å². The number of amides is 1. The molecule has 1 unspecified atom stereocenters. The number of hydrogen-bond acceptors (Lipinski definition) is 5. The molecule has 7 heteroatoms. The number of rotatable bonds is 8. The van der Waals surface area contributed by atoms with Gasteiger partial charge >= 0.3 is 0 Å². The molecule has 1 saturated heterocycles. The van der Waals surface area contributed by atoms with Crippen molar-refractivity contribution in [2.75, 3.05) is 26.2 Å². The molecule has 1 aliphatic heterocycles. The van der Waals surface area contributed by atoms with Gasteiger partial charge in [-0.3, -0.25) is 4.79 Å².